The molecule has 32 heavy (non-hydrogen) atoms. The summed E-state index contributed by atoms with van der Waals surface area (Å²) in [7, 11) is 0. The fourth-order valence-electron chi connectivity index (χ4n) is 4.69. The number of benzene rings is 1. The van der Waals surface area contributed by atoms with Gasteiger partial charge in [0.05, 0.1) is 24.3 Å². The average molecular weight is 435 g/mol. The third-order valence-corrected chi connectivity index (χ3v) is 6.33. The number of allylic oxidation sites excluding steroid dienone is 3. The van der Waals surface area contributed by atoms with E-state index in [4.69, 9.17) is 4.74 Å². The lowest BCUT2D eigenvalue weighted by Crippen LogP contribution is -2.36. The van der Waals surface area contributed by atoms with E-state index in [2.05, 4.69) is 72.7 Å². The Labute approximate surface area is 190 Å². The zero-order valence-corrected chi connectivity index (χ0v) is 19.8. The van der Waals surface area contributed by atoms with Gasteiger partial charge in [-0.15, -0.1) is 0 Å². The Morgan fingerprint density at radius 3 is 2.59 bits per heavy atom. The number of aryl methyl sites for hydroxylation is 1. The average Bonchev–Trinajstić information content (AvgIpc) is 3.09. The number of hydrogen-bond donors (Lipinski definition) is 2. The number of anilines is 1. The second kappa shape index (κ2) is 8.87. The van der Waals surface area contributed by atoms with Crippen molar-refractivity contribution in [3.63, 3.8) is 0 Å². The third-order valence-electron chi connectivity index (χ3n) is 6.33. The molecule has 2 aromatic rings. The molecule has 1 aromatic carbocycles. The molecule has 1 saturated heterocycles. The first kappa shape index (κ1) is 22.2. The van der Waals surface area contributed by atoms with Crippen molar-refractivity contribution in [2.45, 2.75) is 40.7 Å². The van der Waals surface area contributed by atoms with Crippen molar-refractivity contribution in [3.05, 3.63) is 64.7 Å². The molecule has 1 amide bonds. The molecule has 0 radical (unpaired) electrons. The van der Waals surface area contributed by atoms with Crippen molar-refractivity contribution in [2.24, 2.45) is 0 Å². The Bertz CT molecular complexity index is 1130. The molecule has 4 rings (SSSR count). The van der Waals surface area contributed by atoms with Crippen LogP contribution in [0.1, 0.15) is 49.7 Å². The second-order valence-electron chi connectivity index (χ2n) is 9.08. The summed E-state index contributed by atoms with van der Waals surface area (Å²) in [4.78, 5) is 15.8. The third kappa shape index (κ3) is 4.19. The maximum atomic E-state index is 13.5. The summed E-state index contributed by atoms with van der Waals surface area (Å²) >= 11 is 0. The number of amides is 1. The lowest BCUT2D eigenvalue weighted by atomic mass is 10.0. The van der Waals surface area contributed by atoms with E-state index in [-0.39, 0.29) is 5.91 Å². The Balaban J connectivity index is 1.72. The highest BCUT2D eigenvalue weighted by molar-refractivity contribution is 6.09. The van der Waals surface area contributed by atoms with E-state index < -0.39 is 0 Å². The predicted octanol–water partition coefficient (Wildman–Crippen LogP) is 4.43. The van der Waals surface area contributed by atoms with Crippen molar-refractivity contribution in [1.29, 1.82) is 0 Å². The summed E-state index contributed by atoms with van der Waals surface area (Å²) in [5.41, 5.74) is 8.07. The zero-order chi connectivity index (χ0) is 23.0. The smallest absolute Gasteiger partial charge is 0.252 e. The maximum absolute atomic E-state index is 13.5. The van der Waals surface area contributed by atoms with E-state index >= 15 is 0 Å². The molecule has 0 saturated carbocycles. The number of morpholine rings is 1. The number of nitrogens with one attached hydrogen (secondary N) is 2. The van der Waals surface area contributed by atoms with Gasteiger partial charge in [0, 0.05) is 54.3 Å². The number of hydrogen-bond acceptors (Lipinski definition) is 4. The molecule has 2 aliphatic rings. The lowest BCUT2D eigenvalue weighted by molar-refractivity contribution is 0.0958. The van der Waals surface area contributed by atoms with Crippen molar-refractivity contribution >= 4 is 22.5 Å². The van der Waals surface area contributed by atoms with Crippen LogP contribution < -0.4 is 15.5 Å². The van der Waals surface area contributed by atoms with E-state index in [1.807, 2.05) is 13.0 Å². The first-order chi connectivity index (χ1) is 15.3. The van der Waals surface area contributed by atoms with Gasteiger partial charge < -0.3 is 24.8 Å². The van der Waals surface area contributed by atoms with E-state index in [0.29, 0.717) is 25.8 Å². The van der Waals surface area contributed by atoms with Gasteiger partial charge in [-0.2, -0.15) is 0 Å². The number of carbonyl (C=O) groups is 1. The van der Waals surface area contributed by atoms with Crippen LogP contribution in [0, 0.1) is 6.92 Å². The van der Waals surface area contributed by atoms with Gasteiger partial charge in [0.1, 0.15) is 0 Å². The van der Waals surface area contributed by atoms with Crippen LogP contribution in [-0.4, -0.2) is 43.3 Å². The summed E-state index contributed by atoms with van der Waals surface area (Å²) in [5.74, 6) is -0.0610. The SMILES string of the molecule is C=C1NC(C)=CC(C)=C1CNC(=O)c1cc(N2CCOCC2)cc2c1c(C)cn2C(C)C. The topological polar surface area (TPSA) is 58.5 Å². The lowest BCUT2D eigenvalue weighted by Gasteiger charge is -2.29. The minimum absolute atomic E-state index is 0.0610. The van der Waals surface area contributed by atoms with Crippen molar-refractivity contribution < 1.29 is 9.53 Å². The van der Waals surface area contributed by atoms with Gasteiger partial charge in [-0.25, -0.2) is 0 Å². The maximum Gasteiger partial charge on any atom is 0.252 e. The molecule has 6 nitrogen and oxygen atoms in total. The molecule has 0 unspecified atom stereocenters. The highest BCUT2D eigenvalue weighted by Crippen LogP contribution is 2.32. The molecule has 170 valence electrons. The van der Waals surface area contributed by atoms with Crippen LogP contribution in [0.25, 0.3) is 10.9 Å². The van der Waals surface area contributed by atoms with Gasteiger partial charge in [0.25, 0.3) is 5.91 Å². The summed E-state index contributed by atoms with van der Waals surface area (Å²) in [6, 6.07) is 4.57. The van der Waals surface area contributed by atoms with Crippen LogP contribution in [0.3, 0.4) is 0 Å². The van der Waals surface area contributed by atoms with Gasteiger partial charge in [0.15, 0.2) is 0 Å². The van der Waals surface area contributed by atoms with Crippen LogP contribution in [0.5, 0.6) is 0 Å². The number of carbonyl (C=O) groups excluding carboxylic acids is 1. The Morgan fingerprint density at radius 2 is 1.94 bits per heavy atom. The highest BCUT2D eigenvalue weighted by atomic mass is 16.5. The van der Waals surface area contributed by atoms with Crippen LogP contribution >= 0.6 is 0 Å². The van der Waals surface area contributed by atoms with E-state index in [0.717, 1.165) is 63.3 Å². The predicted molar refractivity (Wildman–Crippen MR) is 131 cm³/mol. The molecule has 0 atom stereocenters. The molecule has 0 aliphatic carbocycles. The quantitative estimate of drug-likeness (QED) is 0.731. The molecule has 0 spiro atoms. The number of fused-ring (bicyclic) bond motifs is 1. The van der Waals surface area contributed by atoms with Crippen LogP contribution in [0.15, 0.2) is 53.5 Å². The monoisotopic (exact) mass is 434 g/mol. The second-order valence-corrected chi connectivity index (χ2v) is 9.08. The highest BCUT2D eigenvalue weighted by Gasteiger charge is 2.22. The number of nitrogens with zero attached hydrogens (tertiary/aromatic N) is 2. The molecule has 0 bridgehead atoms. The largest absolute Gasteiger partial charge is 0.378 e. The van der Waals surface area contributed by atoms with E-state index in [9.17, 15) is 4.79 Å². The zero-order valence-electron chi connectivity index (χ0n) is 19.8. The van der Waals surface area contributed by atoms with Crippen LogP contribution in [0.2, 0.25) is 0 Å². The Morgan fingerprint density at radius 1 is 1.22 bits per heavy atom. The summed E-state index contributed by atoms with van der Waals surface area (Å²) in [6.45, 7) is 18.1. The molecular formula is C26H34N4O2. The minimum atomic E-state index is -0.0610. The number of aromatic nitrogens is 1. The Hall–Kier alpha value is -2.99. The van der Waals surface area contributed by atoms with Gasteiger partial charge >= 0.3 is 0 Å². The van der Waals surface area contributed by atoms with E-state index in [1.54, 1.807) is 0 Å². The van der Waals surface area contributed by atoms with Crippen molar-refractivity contribution in [3.8, 4) is 0 Å². The molecule has 1 fully saturated rings. The van der Waals surface area contributed by atoms with Crippen molar-refractivity contribution in [1.82, 2.24) is 15.2 Å². The molecular weight excluding hydrogens is 400 g/mol. The first-order valence-corrected chi connectivity index (χ1v) is 11.4. The fourth-order valence-corrected chi connectivity index (χ4v) is 4.69. The van der Waals surface area contributed by atoms with Crippen molar-refractivity contribution in [2.75, 3.05) is 37.7 Å². The molecule has 2 aliphatic heterocycles. The van der Waals surface area contributed by atoms with Crippen LogP contribution in [-0.2, 0) is 4.74 Å². The van der Waals surface area contributed by atoms with Crippen LogP contribution in [0.4, 0.5) is 5.69 Å². The number of dihydropyridines is 1. The normalized spacial score (nSPS) is 17.1. The van der Waals surface area contributed by atoms with Gasteiger partial charge in [0.2, 0.25) is 0 Å². The number of rotatable bonds is 5. The fraction of sp³-hybridized carbons (Fsp3) is 0.423. The Kier molecular flexibility index (Phi) is 6.15. The molecule has 2 N–H and O–H groups in total. The summed E-state index contributed by atoms with van der Waals surface area (Å²) < 4.78 is 7.80. The summed E-state index contributed by atoms with van der Waals surface area (Å²) in [5, 5.41) is 7.44. The number of ether oxygens (including phenoxy) is 1. The minimum Gasteiger partial charge on any atom is -0.378 e. The summed E-state index contributed by atoms with van der Waals surface area (Å²) in [6.07, 6.45) is 4.24. The van der Waals surface area contributed by atoms with Gasteiger partial charge in [-0.1, -0.05) is 6.58 Å². The van der Waals surface area contributed by atoms with Gasteiger partial charge in [-0.3, -0.25) is 4.79 Å². The van der Waals surface area contributed by atoms with E-state index in [1.165, 1.54) is 0 Å². The standard InChI is InChI=1S/C26H34N4O2/c1-16(2)30-15-18(4)25-22(12-21(13-24(25)30)29-7-9-32-10-8-29)26(31)27-14-23-17(3)11-19(5)28-20(23)6/h11-13,15-16,28H,6-10,14H2,1-5H3,(H,27,31). The molecule has 3 heterocycles. The first-order valence-electron chi connectivity index (χ1n) is 11.4. The molecule has 1 aromatic heterocycles. The molecule has 6 heteroatoms. The van der Waals surface area contributed by atoms with Gasteiger partial charge in [-0.05, 0) is 69.5 Å².